The Hall–Kier alpha value is -2.37. The predicted octanol–water partition coefficient (Wildman–Crippen LogP) is 1.19. The van der Waals surface area contributed by atoms with Gasteiger partial charge in [-0.05, 0) is 12.0 Å². The second kappa shape index (κ2) is 7.06. The molecule has 118 valence electrons. The molecule has 1 aromatic carbocycles. The highest BCUT2D eigenvalue weighted by molar-refractivity contribution is 5.87. The number of rotatable bonds is 5. The maximum atomic E-state index is 12.3. The first-order valence-electron chi connectivity index (χ1n) is 7.28. The molecule has 2 unspecified atom stereocenters. The van der Waals surface area contributed by atoms with Gasteiger partial charge in [-0.25, -0.2) is 0 Å². The van der Waals surface area contributed by atoms with E-state index in [1.807, 2.05) is 6.07 Å². The van der Waals surface area contributed by atoms with Crippen molar-refractivity contribution in [2.75, 3.05) is 13.6 Å². The number of hydrogen-bond donors (Lipinski definition) is 2. The number of hydrogen-bond acceptors (Lipinski definition) is 3. The largest absolute Gasteiger partial charge is 0.481 e. The summed E-state index contributed by atoms with van der Waals surface area (Å²) in [6, 6.07) is 8.42. The van der Waals surface area contributed by atoms with Gasteiger partial charge in [0.2, 0.25) is 11.8 Å². The predicted molar refractivity (Wildman–Crippen MR) is 79.9 cm³/mol. The summed E-state index contributed by atoms with van der Waals surface area (Å²) in [5.74, 6) is -1.67. The van der Waals surface area contributed by atoms with E-state index in [-0.39, 0.29) is 30.6 Å². The summed E-state index contributed by atoms with van der Waals surface area (Å²) in [5, 5.41) is 11.8. The second-order valence-corrected chi connectivity index (χ2v) is 5.57. The Morgan fingerprint density at radius 1 is 1.36 bits per heavy atom. The van der Waals surface area contributed by atoms with Crippen LogP contribution >= 0.6 is 0 Å². The third kappa shape index (κ3) is 4.07. The molecule has 6 nitrogen and oxygen atoms in total. The van der Waals surface area contributed by atoms with E-state index in [4.69, 9.17) is 5.11 Å². The molecule has 2 amide bonds. The van der Waals surface area contributed by atoms with Crippen LogP contribution in [0.25, 0.3) is 0 Å². The van der Waals surface area contributed by atoms with Crippen LogP contribution in [0.15, 0.2) is 30.3 Å². The van der Waals surface area contributed by atoms with E-state index < -0.39 is 12.0 Å². The number of likely N-dealkylation sites (tertiary alicyclic amines) is 1. The van der Waals surface area contributed by atoms with Crippen molar-refractivity contribution in [3.63, 3.8) is 0 Å². The number of aliphatic carboxylic acids is 1. The van der Waals surface area contributed by atoms with Gasteiger partial charge >= 0.3 is 5.97 Å². The van der Waals surface area contributed by atoms with Gasteiger partial charge in [0.25, 0.3) is 0 Å². The first-order valence-corrected chi connectivity index (χ1v) is 7.28. The summed E-state index contributed by atoms with van der Waals surface area (Å²) in [4.78, 5) is 36.7. The Bertz CT molecular complexity index is 559. The Balaban J connectivity index is 2.05. The van der Waals surface area contributed by atoms with Gasteiger partial charge < -0.3 is 15.3 Å². The molecule has 0 bridgehead atoms. The summed E-state index contributed by atoms with van der Waals surface area (Å²) in [6.07, 6.45) is 0.593. The lowest BCUT2D eigenvalue weighted by Crippen LogP contribution is -2.43. The van der Waals surface area contributed by atoms with Crippen molar-refractivity contribution in [3.8, 4) is 0 Å². The number of benzene rings is 1. The fourth-order valence-corrected chi connectivity index (χ4v) is 2.57. The number of amides is 2. The van der Waals surface area contributed by atoms with Crippen LogP contribution in [-0.4, -0.2) is 41.4 Å². The number of carbonyl (C=O) groups excluding carboxylic acids is 2. The monoisotopic (exact) mass is 304 g/mol. The average Bonchev–Trinajstić information content (AvgIpc) is 2.49. The molecule has 0 aliphatic carbocycles. The summed E-state index contributed by atoms with van der Waals surface area (Å²) in [6.45, 7) is 0.547. The lowest BCUT2D eigenvalue weighted by molar-refractivity contribution is -0.140. The number of carboxylic acid groups (broad SMARTS) is 1. The molecule has 0 aromatic heterocycles. The lowest BCUT2D eigenvalue weighted by atomic mass is 9.94. The molecule has 1 fully saturated rings. The molecule has 1 aliphatic rings. The lowest BCUT2D eigenvalue weighted by Gasteiger charge is -2.29. The third-order valence-corrected chi connectivity index (χ3v) is 3.93. The fraction of sp³-hybridized carbons (Fsp3) is 0.438. The minimum atomic E-state index is -0.978. The average molecular weight is 304 g/mol. The molecule has 1 aliphatic heterocycles. The van der Waals surface area contributed by atoms with E-state index in [9.17, 15) is 14.4 Å². The molecule has 0 spiro atoms. The summed E-state index contributed by atoms with van der Waals surface area (Å²) in [7, 11) is 1.72. The van der Waals surface area contributed by atoms with Crippen LogP contribution in [0.1, 0.15) is 30.9 Å². The zero-order valence-corrected chi connectivity index (χ0v) is 12.5. The first kappa shape index (κ1) is 16.0. The smallest absolute Gasteiger partial charge is 0.305 e. The van der Waals surface area contributed by atoms with Crippen LogP contribution in [0.5, 0.6) is 0 Å². The molecule has 1 saturated heterocycles. The van der Waals surface area contributed by atoms with Crippen molar-refractivity contribution in [3.05, 3.63) is 35.9 Å². The van der Waals surface area contributed by atoms with Gasteiger partial charge in [-0.2, -0.15) is 0 Å². The molecule has 2 N–H and O–H groups in total. The summed E-state index contributed by atoms with van der Waals surface area (Å²) < 4.78 is 0. The van der Waals surface area contributed by atoms with Crippen LogP contribution < -0.4 is 5.32 Å². The van der Waals surface area contributed by atoms with Crippen molar-refractivity contribution in [2.24, 2.45) is 5.92 Å². The molecule has 1 heterocycles. The molecular weight excluding hydrogens is 284 g/mol. The molecule has 0 saturated carbocycles. The Morgan fingerprint density at radius 2 is 2.05 bits per heavy atom. The Kier molecular flexibility index (Phi) is 5.14. The number of carboxylic acids is 1. The van der Waals surface area contributed by atoms with E-state index in [0.717, 1.165) is 5.56 Å². The topological polar surface area (TPSA) is 86.7 Å². The van der Waals surface area contributed by atoms with Gasteiger partial charge in [-0.15, -0.1) is 0 Å². The van der Waals surface area contributed by atoms with E-state index in [2.05, 4.69) is 5.32 Å². The minimum absolute atomic E-state index is 0.0547. The SMILES string of the molecule is CN1CCC(C(=O)NC(CC(=O)O)c2ccccc2)CC1=O. The van der Waals surface area contributed by atoms with Crippen molar-refractivity contribution < 1.29 is 19.5 Å². The van der Waals surface area contributed by atoms with Gasteiger partial charge in [-0.1, -0.05) is 30.3 Å². The zero-order valence-electron chi connectivity index (χ0n) is 12.5. The molecule has 0 radical (unpaired) electrons. The normalized spacial score (nSPS) is 19.6. The van der Waals surface area contributed by atoms with Crippen molar-refractivity contribution in [1.82, 2.24) is 10.2 Å². The van der Waals surface area contributed by atoms with Gasteiger partial charge in [0.15, 0.2) is 0 Å². The summed E-state index contributed by atoms with van der Waals surface area (Å²) in [5.41, 5.74) is 0.748. The summed E-state index contributed by atoms with van der Waals surface area (Å²) >= 11 is 0. The number of nitrogens with one attached hydrogen (secondary N) is 1. The molecule has 1 aromatic rings. The van der Waals surface area contributed by atoms with E-state index in [1.165, 1.54) is 0 Å². The molecule has 2 rings (SSSR count). The Labute approximate surface area is 129 Å². The van der Waals surface area contributed by atoms with Gasteiger partial charge in [0.05, 0.1) is 12.5 Å². The minimum Gasteiger partial charge on any atom is -0.481 e. The highest BCUT2D eigenvalue weighted by Gasteiger charge is 2.30. The first-order chi connectivity index (χ1) is 10.5. The highest BCUT2D eigenvalue weighted by atomic mass is 16.4. The number of nitrogens with zero attached hydrogens (tertiary/aromatic N) is 1. The van der Waals surface area contributed by atoms with E-state index in [1.54, 1.807) is 36.2 Å². The quantitative estimate of drug-likeness (QED) is 0.855. The maximum absolute atomic E-state index is 12.3. The van der Waals surface area contributed by atoms with Gasteiger partial charge in [0, 0.05) is 25.9 Å². The van der Waals surface area contributed by atoms with Gasteiger partial charge in [-0.3, -0.25) is 14.4 Å². The maximum Gasteiger partial charge on any atom is 0.305 e. The highest BCUT2D eigenvalue weighted by Crippen LogP contribution is 2.21. The number of piperidine rings is 1. The molecule has 2 atom stereocenters. The number of carbonyl (C=O) groups is 3. The fourth-order valence-electron chi connectivity index (χ4n) is 2.57. The standard InChI is InChI=1S/C16H20N2O4/c1-18-8-7-12(9-14(18)19)16(22)17-13(10-15(20)21)11-5-3-2-4-6-11/h2-6,12-13H,7-10H2,1H3,(H,17,22)(H,20,21). The van der Waals surface area contributed by atoms with Crippen molar-refractivity contribution in [1.29, 1.82) is 0 Å². The van der Waals surface area contributed by atoms with Crippen LogP contribution in [0.3, 0.4) is 0 Å². The van der Waals surface area contributed by atoms with Crippen molar-refractivity contribution >= 4 is 17.8 Å². The molecule has 22 heavy (non-hydrogen) atoms. The molecule has 6 heteroatoms. The van der Waals surface area contributed by atoms with Crippen LogP contribution in [0.4, 0.5) is 0 Å². The van der Waals surface area contributed by atoms with E-state index in [0.29, 0.717) is 13.0 Å². The van der Waals surface area contributed by atoms with Crippen LogP contribution in [0, 0.1) is 5.92 Å². The Morgan fingerprint density at radius 3 is 2.64 bits per heavy atom. The van der Waals surface area contributed by atoms with Gasteiger partial charge in [0.1, 0.15) is 0 Å². The van der Waals surface area contributed by atoms with E-state index >= 15 is 0 Å². The zero-order chi connectivity index (χ0) is 16.1. The third-order valence-electron chi connectivity index (χ3n) is 3.93. The second-order valence-electron chi connectivity index (χ2n) is 5.57. The van der Waals surface area contributed by atoms with Crippen LogP contribution in [0.2, 0.25) is 0 Å². The van der Waals surface area contributed by atoms with Crippen molar-refractivity contribution in [2.45, 2.75) is 25.3 Å². The van der Waals surface area contributed by atoms with Crippen LogP contribution in [-0.2, 0) is 14.4 Å². The molecular formula is C16H20N2O4.